The van der Waals surface area contributed by atoms with Crippen LogP contribution < -0.4 is 4.74 Å². The summed E-state index contributed by atoms with van der Waals surface area (Å²) in [5.41, 5.74) is 0.324. The van der Waals surface area contributed by atoms with Gasteiger partial charge in [0, 0.05) is 22.3 Å². The second-order valence-corrected chi connectivity index (χ2v) is 8.75. The van der Waals surface area contributed by atoms with Crippen LogP contribution in [0.2, 0.25) is 0 Å². The summed E-state index contributed by atoms with van der Waals surface area (Å²) in [6.07, 6.45) is 4.00. The Morgan fingerprint density at radius 3 is 2.31 bits per heavy atom. The zero-order valence-electron chi connectivity index (χ0n) is 20.2. The minimum Gasteiger partial charge on any atom is -0.491 e. The predicted octanol–water partition coefficient (Wildman–Crippen LogP) is 5.07. The molecule has 0 fully saturated rings. The predicted molar refractivity (Wildman–Crippen MR) is 133 cm³/mol. The number of methoxy groups -OCH3 is 1. The van der Waals surface area contributed by atoms with E-state index in [1.807, 2.05) is 12.1 Å². The summed E-state index contributed by atoms with van der Waals surface area (Å²) in [6.45, 7) is 3.44. The molecule has 0 spiro atoms. The van der Waals surface area contributed by atoms with Crippen LogP contribution in [0.4, 0.5) is 0 Å². The lowest BCUT2D eigenvalue weighted by molar-refractivity contribution is -0.140. The molecular weight excluding hydrogens is 470 g/mol. The highest BCUT2D eigenvalue weighted by molar-refractivity contribution is 7.99. The number of hydrogen-bond acceptors (Lipinski definition) is 9. The highest BCUT2D eigenvalue weighted by atomic mass is 32.2. The summed E-state index contributed by atoms with van der Waals surface area (Å²) in [7, 11) is 1.25. The molecule has 2 aromatic carbocycles. The molecule has 0 aliphatic rings. The number of aliphatic hydroxyl groups excluding tert-OH is 1. The molecule has 0 aliphatic carbocycles. The van der Waals surface area contributed by atoms with Crippen molar-refractivity contribution in [1.29, 1.82) is 0 Å². The van der Waals surface area contributed by atoms with Gasteiger partial charge in [-0.3, -0.25) is 4.79 Å². The third-order valence-corrected chi connectivity index (χ3v) is 5.87. The van der Waals surface area contributed by atoms with E-state index in [-0.39, 0.29) is 30.1 Å². The topological polar surface area (TPSA) is 111 Å². The Kier molecular flexibility index (Phi) is 12.0. The molecule has 0 aromatic heterocycles. The molecule has 0 saturated carbocycles. The number of Topliss-reactive ketones (excluding diaryl/α,β-unsaturated/α-hetero) is 1. The van der Waals surface area contributed by atoms with Gasteiger partial charge in [-0.05, 0) is 55.3 Å². The Morgan fingerprint density at radius 1 is 0.971 bits per heavy atom. The molecule has 0 amide bonds. The number of carbonyl (C=O) groups excluding carboxylic acids is 3. The third kappa shape index (κ3) is 9.18. The van der Waals surface area contributed by atoms with E-state index in [4.69, 9.17) is 19.4 Å². The lowest BCUT2D eigenvalue weighted by atomic mass is 9.97. The van der Waals surface area contributed by atoms with Gasteiger partial charge in [0.1, 0.15) is 18.1 Å². The molecule has 0 heterocycles. The first-order valence-corrected chi connectivity index (χ1v) is 12.2. The average molecular weight is 502 g/mol. The Hall–Kier alpha value is -3.17. The first kappa shape index (κ1) is 28.1. The van der Waals surface area contributed by atoms with Gasteiger partial charge in [0.05, 0.1) is 19.3 Å². The van der Waals surface area contributed by atoms with E-state index in [2.05, 4.69) is 12.1 Å². The number of oxime groups is 1. The van der Waals surface area contributed by atoms with Gasteiger partial charge in [-0.2, -0.15) is 0 Å². The molecule has 0 radical (unpaired) electrons. The van der Waals surface area contributed by atoms with E-state index in [0.29, 0.717) is 18.6 Å². The van der Waals surface area contributed by atoms with Crippen LogP contribution in [-0.4, -0.2) is 48.9 Å². The molecular formula is C26H31NO7S. The maximum Gasteiger partial charge on any atom is 0.338 e. The largest absolute Gasteiger partial charge is 0.491 e. The van der Waals surface area contributed by atoms with Crippen LogP contribution in [0.1, 0.15) is 66.7 Å². The number of nitrogens with zero attached hydrogens (tertiary/aromatic N) is 1. The number of ether oxygens (including phenoxy) is 2. The number of aliphatic hydroxyl groups is 1. The fourth-order valence-corrected chi connectivity index (χ4v) is 4.02. The highest BCUT2D eigenvalue weighted by Gasteiger charge is 2.23. The zero-order valence-corrected chi connectivity index (χ0v) is 21.1. The van der Waals surface area contributed by atoms with E-state index >= 15 is 0 Å². The lowest BCUT2D eigenvalue weighted by Crippen LogP contribution is -2.19. The summed E-state index contributed by atoms with van der Waals surface area (Å²) in [4.78, 5) is 43.5. The van der Waals surface area contributed by atoms with Crippen molar-refractivity contribution in [2.75, 3.05) is 20.3 Å². The Balaban J connectivity index is 2.29. The summed E-state index contributed by atoms with van der Waals surface area (Å²) >= 11 is 1.40. The maximum atomic E-state index is 13.3. The first-order valence-electron chi connectivity index (χ1n) is 11.4. The molecule has 35 heavy (non-hydrogen) atoms. The molecule has 0 bridgehead atoms. The minimum atomic E-state index is -0.652. The lowest BCUT2D eigenvalue weighted by Gasteiger charge is -2.11. The van der Waals surface area contributed by atoms with E-state index in [9.17, 15) is 14.4 Å². The van der Waals surface area contributed by atoms with Gasteiger partial charge < -0.3 is 19.4 Å². The molecule has 0 unspecified atom stereocenters. The minimum absolute atomic E-state index is 0.0656. The molecule has 9 heteroatoms. The van der Waals surface area contributed by atoms with Crippen LogP contribution in [0.3, 0.4) is 0 Å². The number of benzene rings is 2. The van der Waals surface area contributed by atoms with Crippen LogP contribution in [0, 0.1) is 0 Å². The SMILES string of the molecule is CCCCCC/C(=N\OC(C)=O)C(=O)c1ccc(Sc2ccc(OCCO)cc2)cc1C(=O)OC. The molecule has 188 valence electrons. The van der Waals surface area contributed by atoms with Gasteiger partial charge in [-0.25, -0.2) is 9.59 Å². The monoisotopic (exact) mass is 501 g/mol. The van der Waals surface area contributed by atoms with Crippen molar-refractivity contribution < 1.29 is 33.8 Å². The van der Waals surface area contributed by atoms with Crippen molar-refractivity contribution in [3.63, 3.8) is 0 Å². The summed E-state index contributed by atoms with van der Waals surface area (Å²) in [5, 5.41) is 12.6. The van der Waals surface area contributed by atoms with Gasteiger partial charge >= 0.3 is 11.9 Å². The van der Waals surface area contributed by atoms with Crippen molar-refractivity contribution in [2.45, 2.75) is 55.7 Å². The number of esters is 1. The zero-order chi connectivity index (χ0) is 25.6. The van der Waals surface area contributed by atoms with Gasteiger partial charge in [0.2, 0.25) is 5.78 Å². The van der Waals surface area contributed by atoms with Crippen molar-refractivity contribution in [2.24, 2.45) is 5.16 Å². The van der Waals surface area contributed by atoms with Crippen molar-refractivity contribution in [1.82, 2.24) is 0 Å². The molecule has 0 aliphatic heterocycles. The van der Waals surface area contributed by atoms with Crippen LogP contribution in [-0.2, 0) is 14.4 Å². The Bertz CT molecular complexity index is 1030. The number of carbonyl (C=O) groups is 3. The molecule has 8 nitrogen and oxygen atoms in total. The van der Waals surface area contributed by atoms with E-state index in [0.717, 1.165) is 29.1 Å². The van der Waals surface area contributed by atoms with Crippen molar-refractivity contribution in [3.05, 3.63) is 53.6 Å². The van der Waals surface area contributed by atoms with Crippen molar-refractivity contribution >= 4 is 35.2 Å². The quantitative estimate of drug-likeness (QED) is 0.0954. The fourth-order valence-electron chi connectivity index (χ4n) is 3.16. The first-order chi connectivity index (χ1) is 16.9. The van der Waals surface area contributed by atoms with Crippen LogP contribution in [0.15, 0.2) is 57.4 Å². The maximum absolute atomic E-state index is 13.3. The van der Waals surface area contributed by atoms with E-state index in [1.165, 1.54) is 25.8 Å². The Morgan fingerprint density at radius 2 is 1.69 bits per heavy atom. The molecule has 2 aromatic rings. The van der Waals surface area contributed by atoms with Crippen LogP contribution in [0.25, 0.3) is 0 Å². The highest BCUT2D eigenvalue weighted by Crippen LogP contribution is 2.31. The van der Waals surface area contributed by atoms with Gasteiger partial charge in [-0.1, -0.05) is 43.1 Å². The number of hydrogen-bond donors (Lipinski definition) is 1. The Labute approximate surface area is 209 Å². The normalized spacial score (nSPS) is 11.1. The van der Waals surface area contributed by atoms with E-state index in [1.54, 1.807) is 30.3 Å². The standard InChI is InChI=1S/C26H31NO7S/c1-4-5-6-7-8-24(27-34-18(2)29)25(30)22-14-13-21(17-23(22)26(31)32-3)35-20-11-9-19(10-12-20)33-16-15-28/h9-14,17,28H,4-8,15-16H2,1-3H3/b27-24+. The molecule has 2 rings (SSSR count). The van der Waals surface area contributed by atoms with Crippen LogP contribution >= 0.6 is 11.8 Å². The molecule has 0 atom stereocenters. The van der Waals surface area contributed by atoms with Crippen molar-refractivity contribution in [3.8, 4) is 5.75 Å². The summed E-state index contributed by atoms with van der Waals surface area (Å²) < 4.78 is 10.3. The smallest absolute Gasteiger partial charge is 0.338 e. The van der Waals surface area contributed by atoms with E-state index < -0.39 is 17.7 Å². The second kappa shape index (κ2) is 15.0. The average Bonchev–Trinajstić information content (AvgIpc) is 2.86. The van der Waals surface area contributed by atoms with Gasteiger partial charge in [-0.15, -0.1) is 0 Å². The second-order valence-electron chi connectivity index (χ2n) is 7.61. The summed E-state index contributed by atoms with van der Waals surface area (Å²) in [5.74, 6) is -1.12. The molecule has 0 saturated heterocycles. The number of ketones is 1. The van der Waals surface area contributed by atoms with Gasteiger partial charge in [0.25, 0.3) is 0 Å². The number of unbranched alkanes of at least 4 members (excludes halogenated alkanes) is 3. The summed E-state index contributed by atoms with van der Waals surface area (Å²) in [6, 6.07) is 12.2. The van der Waals surface area contributed by atoms with Gasteiger partial charge in [0.15, 0.2) is 0 Å². The number of rotatable bonds is 14. The fraction of sp³-hybridized carbons (Fsp3) is 0.385. The third-order valence-electron chi connectivity index (χ3n) is 4.87. The van der Waals surface area contributed by atoms with Crippen LogP contribution in [0.5, 0.6) is 5.75 Å². The molecule has 1 N–H and O–H groups in total.